The van der Waals surface area contributed by atoms with Crippen LogP contribution < -0.4 is 5.73 Å². The van der Waals surface area contributed by atoms with Crippen molar-refractivity contribution in [3.05, 3.63) is 30.3 Å². The normalized spacial score (nSPS) is 22.3. The first kappa shape index (κ1) is 11.9. The lowest BCUT2D eigenvalue weighted by Gasteiger charge is -2.22. The number of rotatable bonds is 1. The van der Waals surface area contributed by atoms with Crippen molar-refractivity contribution in [2.75, 3.05) is 19.7 Å². The fourth-order valence-corrected chi connectivity index (χ4v) is 1.91. The van der Waals surface area contributed by atoms with Gasteiger partial charge in [0.05, 0.1) is 11.8 Å². The van der Waals surface area contributed by atoms with Gasteiger partial charge in [-0.3, -0.25) is 0 Å². The first-order valence-corrected chi connectivity index (χ1v) is 6.01. The third-order valence-electron chi connectivity index (χ3n) is 2.78. The summed E-state index contributed by atoms with van der Waals surface area (Å²) in [5.41, 5.74) is 6.92. The lowest BCUT2D eigenvalue weighted by molar-refractivity contribution is 0.0742. The fraction of sp³-hybridized carbons (Fsp3) is 0.462. The van der Waals surface area contributed by atoms with Crippen molar-refractivity contribution >= 4 is 11.6 Å². The van der Waals surface area contributed by atoms with Gasteiger partial charge in [-0.05, 0) is 25.5 Å². The van der Waals surface area contributed by atoms with E-state index in [1.807, 2.05) is 30.3 Å². The van der Waals surface area contributed by atoms with Gasteiger partial charge in [-0.2, -0.15) is 0 Å². The monoisotopic (exact) mass is 233 g/mol. The molecule has 4 heteroatoms. The van der Waals surface area contributed by atoms with Crippen LogP contribution in [0.2, 0.25) is 0 Å². The number of benzene rings is 1. The van der Waals surface area contributed by atoms with Gasteiger partial charge in [0.2, 0.25) is 0 Å². The lowest BCUT2D eigenvalue weighted by atomic mass is 10.3. The first-order chi connectivity index (χ1) is 8.25. The van der Waals surface area contributed by atoms with Crippen molar-refractivity contribution in [1.82, 2.24) is 4.90 Å². The number of para-hydroxylation sites is 1. The summed E-state index contributed by atoms with van der Waals surface area (Å²) in [5, 5.41) is 0. The van der Waals surface area contributed by atoms with Gasteiger partial charge in [0.25, 0.3) is 0 Å². The Hall–Kier alpha value is -1.55. The van der Waals surface area contributed by atoms with Crippen LogP contribution in [-0.4, -0.2) is 36.7 Å². The van der Waals surface area contributed by atoms with Gasteiger partial charge in [-0.25, -0.2) is 4.99 Å². The Kier molecular flexibility index (Phi) is 3.98. The van der Waals surface area contributed by atoms with E-state index >= 15 is 0 Å². The summed E-state index contributed by atoms with van der Waals surface area (Å²) < 4.78 is 5.58. The molecule has 1 saturated heterocycles. The van der Waals surface area contributed by atoms with Crippen molar-refractivity contribution in [2.45, 2.75) is 19.4 Å². The molecule has 2 rings (SSSR count). The minimum atomic E-state index is 0.210. The Morgan fingerprint density at radius 1 is 1.41 bits per heavy atom. The first-order valence-electron chi connectivity index (χ1n) is 6.01. The molecule has 1 fully saturated rings. The van der Waals surface area contributed by atoms with Crippen molar-refractivity contribution in [2.24, 2.45) is 10.7 Å². The van der Waals surface area contributed by atoms with Crippen LogP contribution in [-0.2, 0) is 4.74 Å². The maximum absolute atomic E-state index is 6.03. The van der Waals surface area contributed by atoms with Crippen LogP contribution in [0.1, 0.15) is 13.3 Å². The Morgan fingerprint density at radius 3 is 2.94 bits per heavy atom. The van der Waals surface area contributed by atoms with E-state index in [4.69, 9.17) is 10.5 Å². The van der Waals surface area contributed by atoms with Crippen molar-refractivity contribution in [1.29, 1.82) is 0 Å². The Bertz CT molecular complexity index is 378. The van der Waals surface area contributed by atoms with E-state index in [0.29, 0.717) is 5.96 Å². The van der Waals surface area contributed by atoms with Crippen LogP contribution in [0.25, 0.3) is 0 Å². The second-order valence-corrected chi connectivity index (χ2v) is 4.29. The van der Waals surface area contributed by atoms with Gasteiger partial charge >= 0.3 is 0 Å². The molecule has 4 nitrogen and oxygen atoms in total. The highest BCUT2D eigenvalue weighted by Crippen LogP contribution is 2.11. The highest BCUT2D eigenvalue weighted by Gasteiger charge is 2.16. The van der Waals surface area contributed by atoms with Crippen LogP contribution in [0, 0.1) is 0 Å². The van der Waals surface area contributed by atoms with Crippen molar-refractivity contribution in [3.63, 3.8) is 0 Å². The predicted molar refractivity (Wildman–Crippen MR) is 69.3 cm³/mol. The van der Waals surface area contributed by atoms with Gasteiger partial charge in [0.15, 0.2) is 5.96 Å². The average molecular weight is 233 g/mol. The second kappa shape index (κ2) is 5.68. The summed E-state index contributed by atoms with van der Waals surface area (Å²) in [5.74, 6) is 0.577. The molecule has 1 aliphatic heterocycles. The molecular weight excluding hydrogens is 214 g/mol. The summed E-state index contributed by atoms with van der Waals surface area (Å²) in [4.78, 5) is 6.51. The zero-order valence-electron chi connectivity index (χ0n) is 10.2. The maximum Gasteiger partial charge on any atom is 0.196 e. The molecule has 1 aromatic rings. The zero-order valence-corrected chi connectivity index (χ0v) is 10.2. The van der Waals surface area contributed by atoms with E-state index in [0.717, 1.165) is 31.8 Å². The number of nitrogens with zero attached hydrogens (tertiary/aromatic N) is 2. The predicted octanol–water partition coefficient (Wildman–Crippen LogP) is 1.74. The molecule has 1 unspecified atom stereocenters. The second-order valence-electron chi connectivity index (χ2n) is 4.29. The molecule has 92 valence electrons. The van der Waals surface area contributed by atoms with Gasteiger partial charge in [0.1, 0.15) is 0 Å². The molecule has 1 aliphatic rings. The zero-order chi connectivity index (χ0) is 12.1. The van der Waals surface area contributed by atoms with Crippen molar-refractivity contribution < 1.29 is 4.74 Å². The van der Waals surface area contributed by atoms with Crippen LogP contribution in [0.3, 0.4) is 0 Å². The summed E-state index contributed by atoms with van der Waals surface area (Å²) in [7, 11) is 0. The molecule has 0 spiro atoms. The molecule has 1 heterocycles. The number of hydrogen-bond donors (Lipinski definition) is 1. The Morgan fingerprint density at radius 2 is 2.18 bits per heavy atom. The van der Waals surface area contributed by atoms with Gasteiger partial charge < -0.3 is 15.4 Å². The molecule has 0 saturated carbocycles. The van der Waals surface area contributed by atoms with Crippen LogP contribution >= 0.6 is 0 Å². The Balaban J connectivity index is 2.08. The maximum atomic E-state index is 6.03. The molecule has 1 atom stereocenters. The van der Waals surface area contributed by atoms with E-state index in [-0.39, 0.29) is 6.10 Å². The fourth-order valence-electron chi connectivity index (χ4n) is 1.91. The number of guanidine groups is 1. The Labute approximate surface area is 102 Å². The highest BCUT2D eigenvalue weighted by molar-refractivity contribution is 5.81. The SMILES string of the molecule is CC1CN(C(N)=Nc2ccccc2)CCCO1. The summed E-state index contributed by atoms with van der Waals surface area (Å²) >= 11 is 0. The number of aliphatic imine (C=N–C) groups is 1. The lowest BCUT2D eigenvalue weighted by Crippen LogP contribution is -2.40. The van der Waals surface area contributed by atoms with Gasteiger partial charge in [-0.15, -0.1) is 0 Å². The summed E-state index contributed by atoms with van der Waals surface area (Å²) in [6, 6.07) is 9.78. The molecule has 2 N–H and O–H groups in total. The molecule has 17 heavy (non-hydrogen) atoms. The third-order valence-corrected chi connectivity index (χ3v) is 2.78. The smallest absolute Gasteiger partial charge is 0.196 e. The van der Waals surface area contributed by atoms with E-state index in [1.165, 1.54) is 0 Å². The van der Waals surface area contributed by atoms with Crippen LogP contribution in [0.5, 0.6) is 0 Å². The molecule has 0 bridgehead atoms. The van der Waals surface area contributed by atoms with Crippen molar-refractivity contribution in [3.8, 4) is 0 Å². The minimum absolute atomic E-state index is 0.210. The van der Waals surface area contributed by atoms with Gasteiger partial charge in [0, 0.05) is 19.7 Å². The summed E-state index contributed by atoms with van der Waals surface area (Å²) in [6.45, 7) is 4.58. The summed E-state index contributed by atoms with van der Waals surface area (Å²) in [6.07, 6.45) is 1.21. The van der Waals surface area contributed by atoms with Crippen LogP contribution in [0.4, 0.5) is 5.69 Å². The van der Waals surface area contributed by atoms with E-state index < -0.39 is 0 Å². The highest BCUT2D eigenvalue weighted by atomic mass is 16.5. The quantitative estimate of drug-likeness (QED) is 0.594. The van der Waals surface area contributed by atoms with E-state index in [2.05, 4.69) is 16.8 Å². The molecule has 0 amide bonds. The third kappa shape index (κ3) is 3.46. The molecule has 0 radical (unpaired) electrons. The standard InChI is InChI=1S/C13H19N3O/c1-11-10-16(8-5-9-17-11)13(14)15-12-6-3-2-4-7-12/h2-4,6-7,11H,5,8-10H2,1H3,(H2,14,15). The number of ether oxygens (including phenoxy) is 1. The molecule has 1 aromatic carbocycles. The number of hydrogen-bond acceptors (Lipinski definition) is 2. The van der Waals surface area contributed by atoms with Crippen LogP contribution in [0.15, 0.2) is 35.3 Å². The largest absolute Gasteiger partial charge is 0.377 e. The van der Waals surface area contributed by atoms with E-state index in [1.54, 1.807) is 0 Å². The van der Waals surface area contributed by atoms with Gasteiger partial charge in [-0.1, -0.05) is 18.2 Å². The molecular formula is C13H19N3O. The number of nitrogens with two attached hydrogens (primary N) is 1. The molecule has 0 aliphatic carbocycles. The minimum Gasteiger partial charge on any atom is -0.377 e. The topological polar surface area (TPSA) is 50.8 Å². The average Bonchev–Trinajstić information content (AvgIpc) is 2.55. The van der Waals surface area contributed by atoms with E-state index in [9.17, 15) is 0 Å². The molecule has 0 aromatic heterocycles.